The molecule has 4 heterocycles. The van der Waals surface area contributed by atoms with Gasteiger partial charge in [0.1, 0.15) is 5.69 Å². The summed E-state index contributed by atoms with van der Waals surface area (Å²) in [6.45, 7) is 5.75. The van der Waals surface area contributed by atoms with Crippen molar-refractivity contribution in [3.05, 3.63) is 71.4 Å². The van der Waals surface area contributed by atoms with Crippen molar-refractivity contribution in [1.29, 1.82) is 0 Å². The van der Waals surface area contributed by atoms with Crippen LogP contribution in [0.15, 0.2) is 48.9 Å². The molecule has 0 saturated heterocycles. The number of methoxy groups -OCH3 is 1. The number of nitrogens with zero attached hydrogens (tertiary/aromatic N) is 5. The number of aryl methyl sites for hydroxylation is 4. The summed E-state index contributed by atoms with van der Waals surface area (Å²) in [5, 5.41) is 11.3. The summed E-state index contributed by atoms with van der Waals surface area (Å²) in [6.07, 6.45) is 5.42. The molecule has 0 radical (unpaired) electrons. The van der Waals surface area contributed by atoms with E-state index in [-0.39, 0.29) is 5.91 Å². The third kappa shape index (κ3) is 4.24. The molecule has 0 spiro atoms. The molecule has 0 aliphatic rings. The van der Waals surface area contributed by atoms with Gasteiger partial charge in [-0.3, -0.25) is 14.5 Å². The molecule has 0 bridgehead atoms. The number of carbonyl (C=O) groups excluding carboxylic acids is 1. The van der Waals surface area contributed by atoms with Crippen molar-refractivity contribution in [3.63, 3.8) is 0 Å². The lowest BCUT2D eigenvalue weighted by Gasteiger charge is -2.10. The van der Waals surface area contributed by atoms with Gasteiger partial charge in [-0.2, -0.15) is 0 Å². The highest BCUT2D eigenvalue weighted by Crippen LogP contribution is 2.33. The van der Waals surface area contributed by atoms with Gasteiger partial charge in [0.25, 0.3) is 11.8 Å². The molecular weight excluding hydrogens is 456 g/mol. The minimum Gasteiger partial charge on any atom is -0.478 e. The number of pyridine rings is 1. The van der Waals surface area contributed by atoms with Gasteiger partial charge in [0, 0.05) is 36.1 Å². The lowest BCUT2D eigenvalue weighted by molar-refractivity contribution is 0.102. The van der Waals surface area contributed by atoms with Gasteiger partial charge in [0.05, 0.1) is 41.5 Å². The molecule has 10 heteroatoms. The molecule has 5 rings (SSSR count). The van der Waals surface area contributed by atoms with E-state index in [1.54, 1.807) is 30.3 Å². The summed E-state index contributed by atoms with van der Waals surface area (Å²) < 4.78 is 6.97. The second-order valence-corrected chi connectivity index (χ2v) is 8.55. The largest absolute Gasteiger partial charge is 0.478 e. The van der Waals surface area contributed by atoms with Gasteiger partial charge in [-0.05, 0) is 44.5 Å². The van der Waals surface area contributed by atoms with E-state index in [4.69, 9.17) is 9.72 Å². The van der Waals surface area contributed by atoms with Crippen LogP contribution in [0.2, 0.25) is 0 Å². The van der Waals surface area contributed by atoms with Crippen molar-refractivity contribution in [2.75, 3.05) is 17.7 Å². The molecule has 5 aromatic rings. The van der Waals surface area contributed by atoms with E-state index in [1.807, 2.05) is 58.3 Å². The summed E-state index contributed by atoms with van der Waals surface area (Å²) in [4.78, 5) is 30.1. The highest BCUT2D eigenvalue weighted by Gasteiger charge is 2.18. The second-order valence-electron chi connectivity index (χ2n) is 8.55. The lowest BCUT2D eigenvalue weighted by atomic mass is 10.0. The van der Waals surface area contributed by atoms with Crippen molar-refractivity contribution in [2.24, 2.45) is 7.05 Å². The fraction of sp³-hybridized carbons (Fsp3) is 0.192. The Kier molecular flexibility index (Phi) is 5.85. The number of benzene rings is 1. The van der Waals surface area contributed by atoms with Gasteiger partial charge < -0.3 is 20.4 Å². The molecule has 0 atom stereocenters. The Bertz CT molecular complexity index is 1600. The molecule has 182 valence electrons. The Labute approximate surface area is 207 Å². The minimum absolute atomic E-state index is 0.215. The number of H-pyrrole nitrogens is 1. The number of anilines is 3. The molecule has 0 saturated carbocycles. The maximum atomic E-state index is 13.2. The zero-order valence-electron chi connectivity index (χ0n) is 20.7. The van der Waals surface area contributed by atoms with Crippen molar-refractivity contribution < 1.29 is 9.53 Å². The Morgan fingerprint density at radius 1 is 1.08 bits per heavy atom. The molecular formula is C26H26N8O2. The SMILES string of the molecule is COc1nn(C)cc1Nc1ncc(C)c(-c2c[nH]c3c(C(=O)Nc4ccc(C)nc4C)cccc23)n1. The van der Waals surface area contributed by atoms with Crippen LogP contribution in [-0.2, 0) is 7.05 Å². The molecule has 1 amide bonds. The maximum Gasteiger partial charge on any atom is 0.257 e. The van der Waals surface area contributed by atoms with Crippen LogP contribution in [-0.4, -0.2) is 42.7 Å². The summed E-state index contributed by atoms with van der Waals surface area (Å²) in [7, 11) is 3.37. The van der Waals surface area contributed by atoms with Crippen LogP contribution in [0.3, 0.4) is 0 Å². The van der Waals surface area contributed by atoms with Gasteiger partial charge in [-0.25, -0.2) is 9.97 Å². The van der Waals surface area contributed by atoms with Gasteiger partial charge in [0.2, 0.25) is 5.95 Å². The Morgan fingerprint density at radius 2 is 1.92 bits per heavy atom. The van der Waals surface area contributed by atoms with Gasteiger partial charge in [0.15, 0.2) is 0 Å². The lowest BCUT2D eigenvalue weighted by Crippen LogP contribution is -2.13. The van der Waals surface area contributed by atoms with Crippen molar-refractivity contribution >= 4 is 34.1 Å². The number of para-hydroxylation sites is 1. The number of carbonyl (C=O) groups is 1. The normalized spacial score (nSPS) is 11.0. The third-order valence-electron chi connectivity index (χ3n) is 5.89. The van der Waals surface area contributed by atoms with Gasteiger partial charge >= 0.3 is 0 Å². The predicted octanol–water partition coefficient (Wildman–Crippen LogP) is 4.68. The average Bonchev–Trinajstić information content (AvgIpc) is 3.44. The van der Waals surface area contributed by atoms with E-state index >= 15 is 0 Å². The van der Waals surface area contributed by atoms with Crippen LogP contribution < -0.4 is 15.4 Å². The highest BCUT2D eigenvalue weighted by molar-refractivity contribution is 6.14. The first-order valence-corrected chi connectivity index (χ1v) is 11.4. The number of hydrogen-bond acceptors (Lipinski definition) is 7. The molecule has 10 nitrogen and oxygen atoms in total. The summed E-state index contributed by atoms with van der Waals surface area (Å²) in [6, 6.07) is 9.37. The van der Waals surface area contributed by atoms with Crippen LogP contribution in [0.1, 0.15) is 27.3 Å². The van der Waals surface area contributed by atoms with Gasteiger partial charge in [-0.15, -0.1) is 5.10 Å². The zero-order chi connectivity index (χ0) is 25.4. The number of aromatic nitrogens is 6. The van der Waals surface area contributed by atoms with Crippen LogP contribution in [0.25, 0.3) is 22.2 Å². The van der Waals surface area contributed by atoms with Crippen molar-refractivity contribution in [2.45, 2.75) is 20.8 Å². The van der Waals surface area contributed by atoms with E-state index in [9.17, 15) is 4.79 Å². The zero-order valence-corrected chi connectivity index (χ0v) is 20.7. The summed E-state index contributed by atoms with van der Waals surface area (Å²) in [5.74, 6) is 0.644. The number of amides is 1. The van der Waals surface area contributed by atoms with Gasteiger partial charge in [-0.1, -0.05) is 12.1 Å². The first kappa shape index (κ1) is 23.0. The first-order chi connectivity index (χ1) is 17.3. The van der Waals surface area contributed by atoms with Crippen LogP contribution >= 0.6 is 0 Å². The van der Waals surface area contributed by atoms with Crippen molar-refractivity contribution in [1.82, 2.24) is 29.7 Å². The number of fused-ring (bicyclic) bond motifs is 1. The Hall–Kier alpha value is -4.73. The molecule has 36 heavy (non-hydrogen) atoms. The van der Waals surface area contributed by atoms with E-state index in [2.05, 4.69) is 30.7 Å². The number of rotatable bonds is 6. The summed E-state index contributed by atoms with van der Waals surface area (Å²) in [5.41, 5.74) is 6.79. The molecule has 3 N–H and O–H groups in total. The van der Waals surface area contributed by atoms with Crippen LogP contribution in [0.5, 0.6) is 5.88 Å². The Balaban J connectivity index is 1.50. The second kappa shape index (κ2) is 9.14. The number of hydrogen-bond donors (Lipinski definition) is 3. The van der Waals surface area contributed by atoms with Crippen LogP contribution in [0, 0.1) is 20.8 Å². The molecule has 0 aliphatic carbocycles. The van der Waals surface area contributed by atoms with Crippen molar-refractivity contribution in [3.8, 4) is 17.1 Å². The third-order valence-corrected chi connectivity index (χ3v) is 5.89. The fourth-order valence-corrected chi connectivity index (χ4v) is 4.15. The van der Waals surface area contributed by atoms with E-state index < -0.39 is 0 Å². The topological polar surface area (TPSA) is 123 Å². The quantitative estimate of drug-likeness (QED) is 0.321. The van der Waals surface area contributed by atoms with E-state index in [1.165, 1.54) is 0 Å². The Morgan fingerprint density at radius 3 is 2.69 bits per heavy atom. The van der Waals surface area contributed by atoms with E-state index in [0.717, 1.165) is 39.1 Å². The highest BCUT2D eigenvalue weighted by atomic mass is 16.5. The monoisotopic (exact) mass is 482 g/mol. The fourth-order valence-electron chi connectivity index (χ4n) is 4.15. The standard InChI is InChI=1S/C26H26N8O2/c1-14-11-28-26(31-21-13-34(4)33-25(21)36-5)32-22(14)19-12-27-23-17(19)7-6-8-18(23)24(35)30-20-10-9-15(2)29-16(20)3/h6-13,27H,1-5H3,(H,30,35)(H,28,31,32). The maximum absolute atomic E-state index is 13.2. The molecule has 1 aromatic carbocycles. The van der Waals surface area contributed by atoms with Crippen LogP contribution in [0.4, 0.5) is 17.3 Å². The smallest absolute Gasteiger partial charge is 0.257 e. The molecule has 4 aromatic heterocycles. The molecule has 0 fully saturated rings. The average molecular weight is 483 g/mol. The first-order valence-electron chi connectivity index (χ1n) is 11.4. The van der Waals surface area contributed by atoms with E-state index in [0.29, 0.717) is 28.8 Å². The predicted molar refractivity (Wildman–Crippen MR) is 139 cm³/mol. The summed E-state index contributed by atoms with van der Waals surface area (Å²) >= 11 is 0. The minimum atomic E-state index is -0.215. The number of ether oxygens (including phenoxy) is 1. The molecule has 0 aliphatic heterocycles. The number of aromatic amines is 1. The molecule has 0 unspecified atom stereocenters. The number of nitrogens with one attached hydrogen (secondary N) is 3.